The quantitative estimate of drug-likeness (QED) is 0.156. The van der Waals surface area contributed by atoms with E-state index in [-0.39, 0.29) is 16.8 Å². The predicted octanol–water partition coefficient (Wildman–Crippen LogP) is 14.7. The van der Waals surface area contributed by atoms with Gasteiger partial charge in [-0.15, -0.1) is 33.1 Å². The maximum Gasteiger partial charge on any atom is 3.00 e. The largest absolute Gasteiger partial charge is 3.00 e. The second-order valence-corrected chi connectivity index (χ2v) is 20.0. The molecule has 6 heteroatoms. The summed E-state index contributed by atoms with van der Waals surface area (Å²) in [5.74, 6) is 0. The van der Waals surface area contributed by atoms with Crippen LogP contribution in [0.15, 0.2) is 182 Å². The van der Waals surface area contributed by atoms with Gasteiger partial charge in [0.25, 0.3) is 0 Å². The van der Waals surface area contributed by atoms with Gasteiger partial charge < -0.3 is 15.0 Å². The molecule has 4 nitrogen and oxygen atoms in total. The molecule has 0 saturated heterocycles. The number of benzene rings is 6. The van der Waals surface area contributed by atoms with Gasteiger partial charge in [0, 0.05) is 0 Å². The van der Waals surface area contributed by atoms with Crippen molar-refractivity contribution < 1.29 is 16.8 Å². The number of nitrogens with zero attached hydrogens (tertiary/aromatic N) is 4. The molecule has 5 heterocycles. The maximum absolute atomic E-state index is 5.59. The van der Waals surface area contributed by atoms with E-state index in [1.54, 1.807) is 0 Å². The van der Waals surface area contributed by atoms with E-state index in [9.17, 15) is 0 Å². The van der Waals surface area contributed by atoms with Gasteiger partial charge >= 0.3 is 16.8 Å². The van der Waals surface area contributed by atoms with Gasteiger partial charge in [0.2, 0.25) is 0 Å². The van der Waals surface area contributed by atoms with Gasteiger partial charge in [-0.3, -0.25) is 0 Å². The molecule has 0 spiro atoms. The van der Waals surface area contributed by atoms with Crippen LogP contribution in [0.5, 0.6) is 0 Å². The summed E-state index contributed by atoms with van der Waals surface area (Å²) in [6, 6.07) is 64.1. The molecule has 0 radical (unpaired) electrons. The fourth-order valence-corrected chi connectivity index (χ4v) is 11.9. The first-order valence-corrected chi connectivity index (χ1v) is 24.8. The Morgan fingerprint density at radius 3 is 0.826 bits per heavy atom. The zero-order valence-electron chi connectivity index (χ0n) is 40.4. The van der Waals surface area contributed by atoms with Crippen molar-refractivity contribution >= 4 is 68.1 Å². The van der Waals surface area contributed by atoms with Crippen molar-refractivity contribution in [3.8, 4) is 33.4 Å². The summed E-state index contributed by atoms with van der Waals surface area (Å²) >= 11 is 0. The van der Waals surface area contributed by atoms with Gasteiger partial charge in [-0.2, -0.15) is 0 Å². The SMILES string of the molecule is CC1=C(C)c2nc1c(-c1ccccc1)c1[n-]c(c(C)c1C)c(-c1ccccc1)c1[n-]c(c(C)c1C)c1[n-]c(c(C)c1C)c2-c1ccccc1.[Co+3].c1ccc(P(c2ccccc2)c2ccccc2)cc1. The molecule has 1 aliphatic rings. The molecule has 0 saturated carbocycles. The topological polar surface area (TPSA) is 55.2 Å². The molecule has 10 aromatic rings. The van der Waals surface area contributed by atoms with E-state index in [1.807, 2.05) is 0 Å². The van der Waals surface area contributed by atoms with Crippen LogP contribution in [0.4, 0.5) is 0 Å². The fourth-order valence-electron chi connectivity index (χ4n) is 9.61. The summed E-state index contributed by atoms with van der Waals surface area (Å²) in [5.41, 5.74) is 23.2. The van der Waals surface area contributed by atoms with E-state index >= 15 is 0 Å². The summed E-state index contributed by atoms with van der Waals surface area (Å²) in [7, 11) is -0.446. The molecule has 0 unspecified atom stereocenters. The third-order valence-electron chi connectivity index (χ3n) is 13.9. The fraction of sp³-hybridized carbons (Fsp3) is 0.127. The normalized spacial score (nSPS) is 11.7. The molecule has 11 rings (SSSR count). The average molecular weight is 957 g/mol. The summed E-state index contributed by atoms with van der Waals surface area (Å²) in [4.78, 5) is 22.1. The Bertz CT molecular complexity index is 3520. The Labute approximate surface area is 418 Å². The molecular formula is C63H54CoN4P. The van der Waals surface area contributed by atoms with E-state index in [4.69, 9.17) is 19.9 Å². The average Bonchev–Trinajstić information content (AvgIpc) is 4.04. The first kappa shape index (κ1) is 47.1. The Hall–Kier alpha value is -7.01. The van der Waals surface area contributed by atoms with Crippen LogP contribution in [0, 0.1) is 41.5 Å². The smallest absolute Gasteiger partial charge is 0.658 e. The van der Waals surface area contributed by atoms with Crippen LogP contribution < -0.4 is 30.9 Å². The predicted molar refractivity (Wildman–Crippen MR) is 291 cm³/mol. The minimum Gasteiger partial charge on any atom is -0.658 e. The van der Waals surface area contributed by atoms with Crippen molar-refractivity contribution in [1.29, 1.82) is 0 Å². The van der Waals surface area contributed by atoms with Crippen molar-refractivity contribution in [3.05, 3.63) is 227 Å². The van der Waals surface area contributed by atoms with E-state index in [1.165, 1.54) is 15.9 Å². The monoisotopic (exact) mass is 956 g/mol. The van der Waals surface area contributed by atoms with Crippen molar-refractivity contribution in [1.82, 2.24) is 19.9 Å². The van der Waals surface area contributed by atoms with Crippen LogP contribution in [-0.2, 0) is 16.8 Å². The molecule has 8 bridgehead atoms. The van der Waals surface area contributed by atoms with Gasteiger partial charge in [-0.1, -0.05) is 215 Å². The molecule has 340 valence electrons. The van der Waals surface area contributed by atoms with E-state index < -0.39 is 7.92 Å². The van der Waals surface area contributed by atoms with Crippen LogP contribution >= 0.6 is 7.92 Å². The minimum atomic E-state index is -0.446. The number of hydrogen-bond acceptors (Lipinski definition) is 1. The van der Waals surface area contributed by atoms with Crippen LogP contribution in [0.25, 0.3) is 77.6 Å². The molecule has 0 fully saturated rings. The molecule has 0 atom stereocenters. The van der Waals surface area contributed by atoms with Gasteiger partial charge in [0.1, 0.15) is 0 Å². The van der Waals surface area contributed by atoms with Crippen LogP contribution in [-0.4, -0.2) is 4.98 Å². The van der Waals surface area contributed by atoms with Crippen molar-refractivity contribution in [3.63, 3.8) is 0 Å². The molecule has 0 amide bonds. The van der Waals surface area contributed by atoms with Gasteiger partial charge in [-0.25, -0.2) is 4.98 Å². The third-order valence-corrected chi connectivity index (χ3v) is 16.3. The number of aromatic nitrogens is 4. The van der Waals surface area contributed by atoms with Crippen molar-refractivity contribution in [2.75, 3.05) is 0 Å². The van der Waals surface area contributed by atoms with E-state index in [0.29, 0.717) is 0 Å². The molecule has 1 aliphatic heterocycles. The number of rotatable bonds is 6. The number of aryl methyl sites for hydroxylation is 6. The molecular weight excluding hydrogens is 903 g/mol. The first-order valence-electron chi connectivity index (χ1n) is 23.4. The minimum absolute atomic E-state index is 0. The zero-order chi connectivity index (χ0) is 47.1. The standard InChI is InChI=1S/C45H39N4.C18H15P.Co/c1-24-26(3)40-36(33-20-14-10-15-21-33)42-28(5)30(7)44(48-42)45-31(8)29(6)43(49-45)37(34-22-16-11-17-23-34)41-27(4)25(2)39(47-41)35(38(24)46-40)32-18-12-9-13-19-32;1-4-10-16(11-5-1)19(17-12-6-2-7-13-17)18-14-8-3-9-15-18;/h9-23H,1-8H3;1-15H;/q-3;;+3. The van der Waals surface area contributed by atoms with Gasteiger partial charge in [0.05, 0.1) is 11.4 Å². The zero-order valence-corrected chi connectivity index (χ0v) is 42.3. The van der Waals surface area contributed by atoms with Crippen molar-refractivity contribution in [2.45, 2.75) is 55.4 Å². The van der Waals surface area contributed by atoms with Crippen LogP contribution in [0.1, 0.15) is 58.6 Å². The Morgan fingerprint density at radius 2 is 0.522 bits per heavy atom. The van der Waals surface area contributed by atoms with Crippen LogP contribution in [0.3, 0.4) is 0 Å². The molecule has 6 aromatic carbocycles. The summed E-state index contributed by atoms with van der Waals surface area (Å²) in [6.45, 7) is 17.5. The Balaban J connectivity index is 0.000000248. The number of fused-ring (bicyclic) bond motifs is 9. The summed E-state index contributed by atoms with van der Waals surface area (Å²) in [6.07, 6.45) is 0. The number of allylic oxidation sites excluding steroid dienone is 2. The summed E-state index contributed by atoms with van der Waals surface area (Å²) in [5, 5.41) is 4.19. The van der Waals surface area contributed by atoms with Crippen LogP contribution in [0.2, 0.25) is 0 Å². The molecule has 69 heavy (non-hydrogen) atoms. The maximum atomic E-state index is 5.59. The Kier molecular flexibility index (Phi) is 13.6. The third kappa shape index (κ3) is 8.61. The molecule has 4 aromatic heterocycles. The van der Waals surface area contributed by atoms with Gasteiger partial charge in [-0.05, 0) is 124 Å². The van der Waals surface area contributed by atoms with E-state index in [2.05, 4.69) is 237 Å². The number of hydrogen-bond donors (Lipinski definition) is 0. The van der Waals surface area contributed by atoms with Gasteiger partial charge in [0.15, 0.2) is 0 Å². The second kappa shape index (κ2) is 19.9. The summed E-state index contributed by atoms with van der Waals surface area (Å²) < 4.78 is 0. The first-order chi connectivity index (χ1) is 33.1. The second-order valence-electron chi connectivity index (χ2n) is 17.8. The van der Waals surface area contributed by atoms with E-state index in [0.717, 1.165) is 122 Å². The molecule has 0 aliphatic carbocycles. The Morgan fingerprint density at radius 1 is 0.290 bits per heavy atom. The van der Waals surface area contributed by atoms with Crippen molar-refractivity contribution in [2.24, 2.45) is 0 Å². The molecule has 0 N–H and O–H groups in total.